The number of benzene rings is 2. The van der Waals surface area contributed by atoms with Crippen molar-refractivity contribution in [2.24, 2.45) is 0 Å². The van der Waals surface area contributed by atoms with E-state index in [9.17, 15) is 14.7 Å². The van der Waals surface area contributed by atoms with Gasteiger partial charge in [-0.1, -0.05) is 42.5 Å². The van der Waals surface area contributed by atoms with Gasteiger partial charge in [-0.3, -0.25) is 4.90 Å². The Morgan fingerprint density at radius 3 is 2.38 bits per heavy atom. The second-order valence-electron chi connectivity index (χ2n) is 6.17. The number of ether oxygens (including phenoxy) is 2. The van der Waals surface area contributed by atoms with Crippen LogP contribution in [0.2, 0.25) is 0 Å². The highest BCUT2D eigenvalue weighted by Crippen LogP contribution is 2.37. The van der Waals surface area contributed by atoms with E-state index in [0.29, 0.717) is 18.6 Å². The Kier molecular flexibility index (Phi) is 5.41. The standard InChI is InChI=1S/C20H21NO5/c1-25-16-9-7-15(8-10-16)17-11-12-18(19(22)23)21(17)20(24)26-13-14-5-3-2-4-6-14/h2-10,17-18H,11-13H2,1H3,(H,22,23)/t17-,18-/m0/s1. The first kappa shape index (κ1) is 17.8. The molecule has 6 nitrogen and oxygen atoms in total. The molecule has 2 atom stereocenters. The molecule has 0 unspecified atom stereocenters. The predicted octanol–water partition coefficient (Wildman–Crippen LogP) is 3.62. The van der Waals surface area contributed by atoms with Crippen LogP contribution in [0.1, 0.15) is 30.0 Å². The molecular weight excluding hydrogens is 334 g/mol. The summed E-state index contributed by atoms with van der Waals surface area (Å²) in [6, 6.07) is 15.4. The highest BCUT2D eigenvalue weighted by Gasteiger charge is 2.42. The minimum absolute atomic E-state index is 0.109. The van der Waals surface area contributed by atoms with Gasteiger partial charge in [0.15, 0.2) is 0 Å². The molecule has 0 radical (unpaired) electrons. The molecule has 0 aromatic heterocycles. The number of nitrogens with zero attached hydrogens (tertiary/aromatic N) is 1. The van der Waals surface area contributed by atoms with Crippen LogP contribution in [0.25, 0.3) is 0 Å². The number of aliphatic carboxylic acids is 1. The number of amides is 1. The van der Waals surface area contributed by atoms with Crippen molar-refractivity contribution in [2.75, 3.05) is 7.11 Å². The highest BCUT2D eigenvalue weighted by atomic mass is 16.6. The van der Waals surface area contributed by atoms with E-state index in [1.807, 2.05) is 42.5 Å². The van der Waals surface area contributed by atoms with Gasteiger partial charge in [0.05, 0.1) is 13.2 Å². The molecule has 6 heteroatoms. The fourth-order valence-electron chi connectivity index (χ4n) is 3.26. The lowest BCUT2D eigenvalue weighted by molar-refractivity contribution is -0.142. The third kappa shape index (κ3) is 3.79. The molecule has 2 aromatic rings. The van der Waals surface area contributed by atoms with Gasteiger partial charge in [-0.05, 0) is 36.1 Å². The maximum atomic E-state index is 12.7. The number of likely N-dealkylation sites (tertiary alicyclic amines) is 1. The van der Waals surface area contributed by atoms with Crippen LogP contribution in [0.4, 0.5) is 4.79 Å². The minimum Gasteiger partial charge on any atom is -0.497 e. The lowest BCUT2D eigenvalue weighted by atomic mass is 10.0. The summed E-state index contributed by atoms with van der Waals surface area (Å²) < 4.78 is 10.5. The Morgan fingerprint density at radius 2 is 1.77 bits per heavy atom. The normalized spacial score (nSPS) is 19.2. The Bertz CT molecular complexity index is 760. The third-order valence-corrected chi connectivity index (χ3v) is 4.59. The molecular formula is C20H21NO5. The van der Waals surface area contributed by atoms with Crippen molar-refractivity contribution >= 4 is 12.1 Å². The molecule has 1 heterocycles. The Balaban J connectivity index is 1.77. The Morgan fingerprint density at radius 1 is 1.08 bits per heavy atom. The van der Waals surface area contributed by atoms with E-state index in [-0.39, 0.29) is 12.6 Å². The van der Waals surface area contributed by atoms with E-state index < -0.39 is 18.1 Å². The third-order valence-electron chi connectivity index (χ3n) is 4.59. The fourth-order valence-corrected chi connectivity index (χ4v) is 3.26. The molecule has 136 valence electrons. The molecule has 0 spiro atoms. The van der Waals surface area contributed by atoms with Gasteiger partial charge in [0, 0.05) is 0 Å². The number of carboxylic acid groups (broad SMARTS) is 1. The van der Waals surface area contributed by atoms with Crippen LogP contribution in [0, 0.1) is 0 Å². The molecule has 0 aliphatic carbocycles. The van der Waals surface area contributed by atoms with Crippen LogP contribution in [0.15, 0.2) is 54.6 Å². The van der Waals surface area contributed by atoms with Crippen molar-refractivity contribution in [3.8, 4) is 5.75 Å². The second kappa shape index (κ2) is 7.91. The number of hydrogen-bond donors (Lipinski definition) is 1. The number of carbonyl (C=O) groups is 2. The number of carbonyl (C=O) groups excluding carboxylic acids is 1. The number of rotatable bonds is 5. The minimum atomic E-state index is -1.02. The first-order chi connectivity index (χ1) is 12.6. The van der Waals surface area contributed by atoms with Gasteiger partial charge in [0.2, 0.25) is 0 Å². The van der Waals surface area contributed by atoms with Gasteiger partial charge < -0.3 is 14.6 Å². The quantitative estimate of drug-likeness (QED) is 0.886. The molecule has 0 bridgehead atoms. The largest absolute Gasteiger partial charge is 0.497 e. The van der Waals surface area contributed by atoms with Gasteiger partial charge in [0.25, 0.3) is 0 Å². The lowest BCUT2D eigenvalue weighted by Crippen LogP contribution is -2.42. The van der Waals surface area contributed by atoms with Crippen LogP contribution >= 0.6 is 0 Å². The Labute approximate surface area is 152 Å². The molecule has 26 heavy (non-hydrogen) atoms. The maximum absolute atomic E-state index is 12.7. The zero-order valence-electron chi connectivity index (χ0n) is 14.5. The summed E-state index contributed by atoms with van der Waals surface area (Å²) in [6.45, 7) is 0.109. The monoisotopic (exact) mass is 355 g/mol. The summed E-state index contributed by atoms with van der Waals surface area (Å²) in [5.74, 6) is -0.308. The highest BCUT2D eigenvalue weighted by molar-refractivity contribution is 5.81. The number of methoxy groups -OCH3 is 1. The first-order valence-corrected chi connectivity index (χ1v) is 8.46. The van der Waals surface area contributed by atoms with Crippen molar-refractivity contribution in [1.82, 2.24) is 4.90 Å². The maximum Gasteiger partial charge on any atom is 0.411 e. The van der Waals surface area contributed by atoms with Crippen LogP contribution in [-0.2, 0) is 16.1 Å². The fraction of sp³-hybridized carbons (Fsp3) is 0.300. The summed E-state index contributed by atoms with van der Waals surface area (Å²) >= 11 is 0. The van der Waals surface area contributed by atoms with E-state index in [2.05, 4.69) is 0 Å². The van der Waals surface area contributed by atoms with E-state index in [1.54, 1.807) is 19.2 Å². The summed E-state index contributed by atoms with van der Waals surface area (Å²) in [7, 11) is 1.58. The second-order valence-corrected chi connectivity index (χ2v) is 6.17. The number of hydrogen-bond acceptors (Lipinski definition) is 4. The molecule has 3 rings (SSSR count). The van der Waals surface area contributed by atoms with E-state index in [4.69, 9.17) is 9.47 Å². The zero-order valence-corrected chi connectivity index (χ0v) is 14.5. The van der Waals surface area contributed by atoms with Gasteiger partial charge in [0.1, 0.15) is 18.4 Å². The van der Waals surface area contributed by atoms with Crippen molar-refractivity contribution in [1.29, 1.82) is 0 Å². The number of carboxylic acids is 1. The van der Waals surface area contributed by atoms with Crippen LogP contribution in [0.5, 0.6) is 5.75 Å². The van der Waals surface area contributed by atoms with Crippen molar-refractivity contribution < 1.29 is 24.2 Å². The van der Waals surface area contributed by atoms with Crippen LogP contribution in [-0.4, -0.2) is 35.2 Å². The predicted molar refractivity (Wildman–Crippen MR) is 94.9 cm³/mol. The molecule has 0 saturated carbocycles. The van der Waals surface area contributed by atoms with Crippen molar-refractivity contribution in [3.63, 3.8) is 0 Å². The average molecular weight is 355 g/mol. The van der Waals surface area contributed by atoms with E-state index >= 15 is 0 Å². The molecule has 2 aromatic carbocycles. The molecule has 1 saturated heterocycles. The molecule has 1 aliphatic heterocycles. The van der Waals surface area contributed by atoms with E-state index in [1.165, 1.54) is 4.90 Å². The van der Waals surface area contributed by atoms with Crippen molar-refractivity contribution in [2.45, 2.75) is 31.5 Å². The van der Waals surface area contributed by atoms with Crippen LogP contribution in [0.3, 0.4) is 0 Å². The van der Waals surface area contributed by atoms with Gasteiger partial charge in [-0.2, -0.15) is 0 Å². The summed E-state index contributed by atoms with van der Waals surface area (Å²) in [6.07, 6.45) is 0.357. The average Bonchev–Trinajstić information content (AvgIpc) is 3.12. The lowest BCUT2D eigenvalue weighted by Gasteiger charge is -2.28. The summed E-state index contributed by atoms with van der Waals surface area (Å²) in [4.78, 5) is 25.6. The topological polar surface area (TPSA) is 76.1 Å². The SMILES string of the molecule is COc1ccc([C@@H]2CC[C@@H](C(=O)O)N2C(=O)OCc2ccccc2)cc1. The smallest absolute Gasteiger partial charge is 0.411 e. The Hall–Kier alpha value is -3.02. The zero-order chi connectivity index (χ0) is 18.5. The molecule has 1 aliphatic rings. The van der Waals surface area contributed by atoms with Gasteiger partial charge >= 0.3 is 12.1 Å². The summed E-state index contributed by atoms with van der Waals surface area (Å²) in [5, 5.41) is 9.50. The summed E-state index contributed by atoms with van der Waals surface area (Å²) in [5.41, 5.74) is 1.72. The van der Waals surface area contributed by atoms with Gasteiger partial charge in [-0.15, -0.1) is 0 Å². The van der Waals surface area contributed by atoms with Crippen molar-refractivity contribution in [3.05, 3.63) is 65.7 Å². The molecule has 1 fully saturated rings. The first-order valence-electron chi connectivity index (χ1n) is 8.46. The van der Waals surface area contributed by atoms with Crippen LogP contribution < -0.4 is 4.74 Å². The molecule has 1 N–H and O–H groups in total. The van der Waals surface area contributed by atoms with E-state index in [0.717, 1.165) is 11.1 Å². The molecule has 1 amide bonds. The van der Waals surface area contributed by atoms with Gasteiger partial charge in [-0.25, -0.2) is 9.59 Å².